The number of nitrogens with zero attached hydrogens (tertiary/aromatic N) is 4. The highest BCUT2D eigenvalue weighted by molar-refractivity contribution is 5.89. The molecule has 1 aliphatic heterocycles. The maximum absolute atomic E-state index is 14.5. The van der Waals surface area contributed by atoms with Gasteiger partial charge in [-0.2, -0.15) is 0 Å². The summed E-state index contributed by atoms with van der Waals surface area (Å²) < 4.78 is 10.0. The van der Waals surface area contributed by atoms with Crippen molar-refractivity contribution in [2.45, 2.75) is 85.5 Å². The second kappa shape index (κ2) is 20.3. The monoisotopic (exact) mass is 787 g/mol. The Morgan fingerprint density at radius 2 is 1.63 bits per heavy atom. The van der Waals surface area contributed by atoms with Crippen LogP contribution in [-0.2, 0) is 33.7 Å². The predicted octanol–water partition coefficient (Wildman–Crippen LogP) is 4.49. The summed E-state index contributed by atoms with van der Waals surface area (Å²) in [5, 5.41) is 19.5. The summed E-state index contributed by atoms with van der Waals surface area (Å²) in [4.78, 5) is 61.6. The van der Waals surface area contributed by atoms with E-state index in [-0.39, 0.29) is 43.9 Å². The Kier molecular flexibility index (Phi) is 15.8. The van der Waals surface area contributed by atoms with Gasteiger partial charge in [0, 0.05) is 63.5 Å². The van der Waals surface area contributed by atoms with Gasteiger partial charge >= 0.3 is 12.1 Å². The van der Waals surface area contributed by atoms with Gasteiger partial charge in [0.1, 0.15) is 11.8 Å². The van der Waals surface area contributed by atoms with Gasteiger partial charge in [-0.15, -0.1) is 0 Å². The summed E-state index contributed by atoms with van der Waals surface area (Å²) >= 11 is 0. The van der Waals surface area contributed by atoms with Crippen LogP contribution >= 0.6 is 0 Å². The fourth-order valence-corrected chi connectivity index (χ4v) is 7.00. The molecule has 1 fully saturated rings. The number of methoxy groups -OCH3 is 2. The molecule has 3 unspecified atom stereocenters. The average Bonchev–Trinajstić information content (AvgIpc) is 3.51. The molecular formula is C43H61N7O7. The van der Waals surface area contributed by atoms with E-state index in [0.29, 0.717) is 38.2 Å². The van der Waals surface area contributed by atoms with Gasteiger partial charge in [0.2, 0.25) is 11.8 Å². The fourth-order valence-electron chi connectivity index (χ4n) is 7.00. The van der Waals surface area contributed by atoms with Gasteiger partial charge in [-0.05, 0) is 59.6 Å². The summed E-state index contributed by atoms with van der Waals surface area (Å²) in [6.45, 7) is 13.2. The highest BCUT2D eigenvalue weighted by Gasteiger charge is 2.44. The van der Waals surface area contributed by atoms with Crippen molar-refractivity contribution >= 4 is 23.9 Å². The second-order valence-electron chi connectivity index (χ2n) is 16.6. The lowest BCUT2D eigenvalue weighted by atomic mass is 9.84. The molecule has 3 aromatic rings. The maximum atomic E-state index is 14.5. The minimum absolute atomic E-state index is 0.0417. The molecular weight excluding hydrogens is 727 g/mol. The van der Waals surface area contributed by atoms with E-state index in [4.69, 9.17) is 4.74 Å². The number of rotatable bonds is 19. The number of urea groups is 1. The molecule has 0 bridgehead atoms. The van der Waals surface area contributed by atoms with Crippen molar-refractivity contribution in [2.24, 2.45) is 10.8 Å². The molecule has 14 nitrogen and oxygen atoms in total. The van der Waals surface area contributed by atoms with E-state index in [9.17, 15) is 24.3 Å². The zero-order valence-electron chi connectivity index (χ0n) is 34.7. The number of aliphatic hydroxyl groups is 1. The third-order valence-corrected chi connectivity index (χ3v) is 9.94. The number of aryl methyl sites for hydroxylation is 1. The lowest BCUT2D eigenvalue weighted by Gasteiger charge is -2.38. The Bertz CT molecular complexity index is 1780. The first-order valence-electron chi connectivity index (χ1n) is 19.5. The average molecular weight is 788 g/mol. The van der Waals surface area contributed by atoms with Gasteiger partial charge in [0.15, 0.2) is 0 Å². The number of carbonyl (C=O) groups is 4. The smallest absolute Gasteiger partial charge is 0.406 e. The number of ether oxygens (including phenoxy) is 2. The molecule has 1 aromatic heterocycles. The number of aromatic nitrogens is 1. The van der Waals surface area contributed by atoms with E-state index >= 15 is 0 Å². The number of carbonyl (C=O) groups excluding carboxylic acids is 4. The first kappa shape index (κ1) is 44.5. The normalized spacial score (nSPS) is 14.9. The van der Waals surface area contributed by atoms with Crippen LogP contribution in [0.15, 0.2) is 72.8 Å². The molecule has 0 saturated carbocycles. The zero-order chi connectivity index (χ0) is 41.8. The van der Waals surface area contributed by atoms with Crippen molar-refractivity contribution in [1.82, 2.24) is 35.9 Å². The van der Waals surface area contributed by atoms with Crippen LogP contribution in [0.4, 0.5) is 9.59 Å². The number of amides is 5. The van der Waals surface area contributed by atoms with Crippen LogP contribution in [0.5, 0.6) is 5.75 Å². The number of aliphatic hydroxyl groups excluding tert-OH is 1. The summed E-state index contributed by atoms with van der Waals surface area (Å²) in [6, 6.07) is 21.0. The van der Waals surface area contributed by atoms with E-state index in [2.05, 4.69) is 25.8 Å². The Labute approximate surface area is 337 Å². The zero-order valence-corrected chi connectivity index (χ0v) is 34.7. The maximum Gasteiger partial charge on any atom is 0.406 e. The number of benzene rings is 2. The van der Waals surface area contributed by atoms with Crippen molar-refractivity contribution in [1.29, 1.82) is 0 Å². The van der Waals surface area contributed by atoms with Crippen molar-refractivity contribution in [3.63, 3.8) is 0 Å². The van der Waals surface area contributed by atoms with E-state index in [1.165, 1.54) is 7.11 Å². The third kappa shape index (κ3) is 13.7. The first-order chi connectivity index (χ1) is 27.0. The van der Waals surface area contributed by atoms with Crippen molar-refractivity contribution < 1.29 is 33.8 Å². The number of hydrogen-bond donors (Lipinski definition) is 4. The number of nitrogens with one attached hydrogen (secondary N) is 3. The van der Waals surface area contributed by atoms with E-state index in [1.807, 2.05) is 114 Å². The van der Waals surface area contributed by atoms with Gasteiger partial charge < -0.3 is 35.0 Å². The molecule has 14 heteroatoms. The molecule has 57 heavy (non-hydrogen) atoms. The number of pyridine rings is 1. The van der Waals surface area contributed by atoms with E-state index in [1.54, 1.807) is 21.9 Å². The Balaban J connectivity index is 1.55. The Morgan fingerprint density at radius 1 is 0.930 bits per heavy atom. The van der Waals surface area contributed by atoms with Crippen molar-refractivity contribution in [3.8, 4) is 5.75 Å². The lowest BCUT2D eigenvalue weighted by Crippen LogP contribution is -2.60. The topological polar surface area (TPSA) is 166 Å². The summed E-state index contributed by atoms with van der Waals surface area (Å²) in [6.07, 6.45) is -0.786. The van der Waals surface area contributed by atoms with Gasteiger partial charge in [0.05, 0.1) is 26.4 Å². The van der Waals surface area contributed by atoms with Crippen LogP contribution in [0.25, 0.3) is 0 Å². The number of hydrazine groups is 1. The molecule has 4 N–H and O–H groups in total. The highest BCUT2D eigenvalue weighted by atomic mass is 16.5. The van der Waals surface area contributed by atoms with Crippen LogP contribution in [0.3, 0.4) is 0 Å². The van der Waals surface area contributed by atoms with Gasteiger partial charge in [0.25, 0.3) is 0 Å². The van der Waals surface area contributed by atoms with Crippen molar-refractivity contribution in [3.05, 3.63) is 95.3 Å². The van der Waals surface area contributed by atoms with Crippen LogP contribution in [-0.4, -0.2) is 114 Å². The quantitative estimate of drug-likeness (QED) is 0.128. The van der Waals surface area contributed by atoms with E-state index < -0.39 is 35.1 Å². The van der Waals surface area contributed by atoms with Crippen molar-refractivity contribution in [2.75, 3.05) is 46.9 Å². The largest absolute Gasteiger partial charge is 0.497 e. The van der Waals surface area contributed by atoms with Crippen LogP contribution in [0, 0.1) is 17.8 Å². The van der Waals surface area contributed by atoms with Gasteiger partial charge in [-0.1, -0.05) is 83.1 Å². The Morgan fingerprint density at radius 3 is 2.26 bits per heavy atom. The molecule has 310 valence electrons. The first-order valence-corrected chi connectivity index (χ1v) is 19.5. The second-order valence-corrected chi connectivity index (χ2v) is 16.6. The summed E-state index contributed by atoms with van der Waals surface area (Å²) in [7, 11) is 2.86. The van der Waals surface area contributed by atoms with Crippen LogP contribution < -0.4 is 20.8 Å². The van der Waals surface area contributed by atoms with E-state index in [0.717, 1.165) is 22.5 Å². The highest BCUT2D eigenvalue weighted by Crippen LogP contribution is 2.29. The standard InChI is InChI=1S/C43H61N7O7/c1-30-13-12-16-33(45-30)21-22-48-23-24-50(41(48)55)38(42(2,3)4)39(53)46-35(25-31-14-10-9-11-15-31)36(51)28-49(27-32-17-19-34(56-7)20-18-32)47-37(52)26-43(5,6)29-44-40(54)57-8/h9-20,35-36,38,51H,21-29H2,1-8H3,(H,44,54)(H,46,53)(H,47,52). The molecule has 0 aliphatic carbocycles. The summed E-state index contributed by atoms with van der Waals surface area (Å²) in [5.74, 6) is -0.0149. The predicted molar refractivity (Wildman–Crippen MR) is 218 cm³/mol. The number of alkyl carbamates (subject to hydrolysis) is 1. The molecule has 2 heterocycles. The van der Waals surface area contributed by atoms with Crippen LogP contribution in [0.2, 0.25) is 0 Å². The molecule has 1 saturated heterocycles. The molecule has 4 rings (SSSR count). The molecule has 1 aliphatic rings. The molecule has 5 amide bonds. The van der Waals surface area contributed by atoms with Gasteiger partial charge in [-0.25, -0.2) is 14.6 Å². The Hall–Kier alpha value is -5.21. The molecule has 2 aromatic carbocycles. The SMILES string of the molecule is COC(=O)NCC(C)(C)CC(=O)NN(Cc1ccc(OC)cc1)CC(O)C(Cc1ccccc1)NC(=O)C(N1CCN(CCc2cccc(C)n2)C1=O)C(C)(C)C. The molecule has 0 radical (unpaired) electrons. The molecule has 3 atom stereocenters. The minimum atomic E-state index is -1.16. The third-order valence-electron chi connectivity index (χ3n) is 9.94. The minimum Gasteiger partial charge on any atom is -0.497 e. The lowest BCUT2D eigenvalue weighted by molar-refractivity contribution is -0.132. The van der Waals surface area contributed by atoms with Gasteiger partial charge in [-0.3, -0.25) is 20.0 Å². The van der Waals surface area contributed by atoms with Crippen LogP contribution in [0.1, 0.15) is 63.6 Å². The molecule has 0 spiro atoms. The summed E-state index contributed by atoms with van der Waals surface area (Å²) in [5.41, 5.74) is 5.28. The number of hydrogen-bond acceptors (Lipinski definition) is 9. The fraction of sp³-hybridized carbons (Fsp3) is 0.512.